The molecule has 29 heavy (non-hydrogen) atoms. The van der Waals surface area contributed by atoms with E-state index in [1.807, 2.05) is 0 Å². The average molecular weight is 401 g/mol. The van der Waals surface area contributed by atoms with E-state index in [9.17, 15) is 0 Å². The zero-order valence-corrected chi connectivity index (χ0v) is 19.9. The molecule has 1 saturated carbocycles. The van der Waals surface area contributed by atoms with Gasteiger partial charge in [0.1, 0.15) is 5.75 Å². The second-order valence-electron chi connectivity index (χ2n) is 10.7. The Hall–Kier alpha value is -1.02. The Morgan fingerprint density at radius 1 is 1.03 bits per heavy atom. The first kappa shape index (κ1) is 22.7. The maximum Gasteiger partial charge on any atom is 0.199 e. The molecule has 1 aliphatic heterocycles. The zero-order chi connectivity index (χ0) is 21.1. The predicted octanol–water partition coefficient (Wildman–Crippen LogP) is 7.77. The Labute approximate surface area is 179 Å². The van der Waals surface area contributed by atoms with Gasteiger partial charge in [-0.05, 0) is 72.8 Å². The summed E-state index contributed by atoms with van der Waals surface area (Å²) in [6, 6.07) is 7.02. The van der Waals surface area contributed by atoms with Gasteiger partial charge in [0.15, 0.2) is 6.29 Å². The van der Waals surface area contributed by atoms with E-state index in [0.29, 0.717) is 0 Å². The molecule has 3 atom stereocenters. The van der Waals surface area contributed by atoms with Gasteiger partial charge >= 0.3 is 0 Å². The number of hydrogen-bond donors (Lipinski definition) is 0. The first-order valence-electron chi connectivity index (χ1n) is 12.2. The summed E-state index contributed by atoms with van der Waals surface area (Å²) < 4.78 is 12.5. The second kappa shape index (κ2) is 9.41. The molecule has 1 aromatic carbocycles. The van der Waals surface area contributed by atoms with Crippen molar-refractivity contribution in [2.45, 2.75) is 116 Å². The van der Waals surface area contributed by atoms with Gasteiger partial charge in [0.05, 0.1) is 6.61 Å². The van der Waals surface area contributed by atoms with Crippen LogP contribution in [0.2, 0.25) is 0 Å². The van der Waals surface area contributed by atoms with Crippen molar-refractivity contribution < 1.29 is 9.47 Å². The first-order valence-corrected chi connectivity index (χ1v) is 12.2. The lowest BCUT2D eigenvalue weighted by molar-refractivity contribution is -0.106. The van der Waals surface area contributed by atoms with Gasteiger partial charge in [-0.3, -0.25) is 0 Å². The fraction of sp³-hybridized carbons (Fsp3) is 0.778. The van der Waals surface area contributed by atoms with Crippen LogP contribution in [0.3, 0.4) is 0 Å². The summed E-state index contributed by atoms with van der Waals surface area (Å²) in [7, 11) is 0. The molecule has 0 bridgehead atoms. The summed E-state index contributed by atoms with van der Waals surface area (Å²) in [6.45, 7) is 14.9. The lowest BCUT2D eigenvalue weighted by Gasteiger charge is -2.46. The predicted molar refractivity (Wildman–Crippen MR) is 123 cm³/mol. The van der Waals surface area contributed by atoms with Crippen molar-refractivity contribution in [3.8, 4) is 5.75 Å². The summed E-state index contributed by atoms with van der Waals surface area (Å²) in [4.78, 5) is 0. The van der Waals surface area contributed by atoms with E-state index >= 15 is 0 Å². The molecule has 1 aromatic rings. The highest BCUT2D eigenvalue weighted by Crippen LogP contribution is 2.51. The molecule has 0 spiro atoms. The van der Waals surface area contributed by atoms with Crippen LogP contribution in [0.4, 0.5) is 0 Å². The number of ether oxygens (including phenoxy) is 2. The minimum atomic E-state index is -0.0792. The molecule has 0 N–H and O–H groups in total. The van der Waals surface area contributed by atoms with Crippen LogP contribution >= 0.6 is 0 Å². The molecule has 2 nitrogen and oxygen atoms in total. The Morgan fingerprint density at radius 2 is 1.72 bits per heavy atom. The molecule has 2 fully saturated rings. The van der Waals surface area contributed by atoms with Gasteiger partial charge in [-0.25, -0.2) is 0 Å². The molecule has 1 saturated heterocycles. The van der Waals surface area contributed by atoms with Crippen molar-refractivity contribution in [3.63, 3.8) is 0 Å². The van der Waals surface area contributed by atoms with E-state index in [4.69, 9.17) is 9.47 Å². The van der Waals surface area contributed by atoms with Gasteiger partial charge in [-0.15, -0.1) is 0 Å². The standard InChI is InChI=1S/C27H44O2/c1-7-20-16-21(8-2)19-27(9-3,18-20)23-17-22(26(4,5)6)13-14-24(23)29-25-12-10-11-15-28-25/h13-14,17,20-21,25H,7-12,15-16,18-19H2,1-6H3. The van der Waals surface area contributed by atoms with Gasteiger partial charge in [0.2, 0.25) is 0 Å². The Kier molecular flexibility index (Phi) is 7.36. The molecule has 0 aromatic heterocycles. The van der Waals surface area contributed by atoms with Gasteiger partial charge in [-0.1, -0.05) is 66.5 Å². The molecule has 164 valence electrons. The van der Waals surface area contributed by atoms with E-state index < -0.39 is 0 Å². The summed E-state index contributed by atoms with van der Waals surface area (Å²) >= 11 is 0. The summed E-state index contributed by atoms with van der Waals surface area (Å²) in [5.74, 6) is 2.73. The van der Waals surface area contributed by atoms with Crippen LogP contribution in [0.25, 0.3) is 0 Å². The van der Waals surface area contributed by atoms with Gasteiger partial charge < -0.3 is 9.47 Å². The van der Waals surface area contributed by atoms with Crippen molar-refractivity contribution in [1.29, 1.82) is 0 Å². The first-order chi connectivity index (χ1) is 13.8. The maximum absolute atomic E-state index is 6.55. The molecular weight excluding hydrogens is 356 g/mol. The van der Waals surface area contributed by atoms with E-state index in [0.717, 1.165) is 37.0 Å². The summed E-state index contributed by atoms with van der Waals surface area (Å²) in [5, 5.41) is 0. The highest BCUT2D eigenvalue weighted by atomic mass is 16.7. The van der Waals surface area contributed by atoms with Crippen LogP contribution < -0.4 is 4.74 Å². The topological polar surface area (TPSA) is 18.5 Å². The van der Waals surface area contributed by atoms with Crippen molar-refractivity contribution in [1.82, 2.24) is 0 Å². The van der Waals surface area contributed by atoms with Crippen LogP contribution in [-0.2, 0) is 15.6 Å². The van der Waals surface area contributed by atoms with Gasteiger partial charge in [-0.2, -0.15) is 0 Å². The van der Waals surface area contributed by atoms with Crippen molar-refractivity contribution in [2.75, 3.05) is 6.61 Å². The van der Waals surface area contributed by atoms with Crippen LogP contribution in [0.15, 0.2) is 18.2 Å². The fourth-order valence-electron chi connectivity index (χ4n) is 5.61. The lowest BCUT2D eigenvalue weighted by Crippen LogP contribution is -2.37. The van der Waals surface area contributed by atoms with E-state index in [-0.39, 0.29) is 17.1 Å². The number of rotatable bonds is 6. The molecule has 3 rings (SSSR count). The molecule has 3 unspecified atom stereocenters. The molecule has 0 radical (unpaired) electrons. The quantitative estimate of drug-likeness (QED) is 0.485. The minimum absolute atomic E-state index is 0.0792. The summed E-state index contributed by atoms with van der Waals surface area (Å²) in [5.41, 5.74) is 3.25. The normalized spacial score (nSPS) is 30.9. The van der Waals surface area contributed by atoms with Crippen molar-refractivity contribution in [3.05, 3.63) is 29.3 Å². The highest BCUT2D eigenvalue weighted by Gasteiger charge is 2.42. The fourth-order valence-corrected chi connectivity index (χ4v) is 5.61. The molecular formula is C27H44O2. The van der Waals surface area contributed by atoms with E-state index in [1.54, 1.807) is 0 Å². The minimum Gasteiger partial charge on any atom is -0.465 e. The zero-order valence-electron chi connectivity index (χ0n) is 19.9. The Balaban J connectivity index is 2.04. The molecule has 2 aliphatic rings. The lowest BCUT2D eigenvalue weighted by atomic mass is 9.59. The van der Waals surface area contributed by atoms with Crippen LogP contribution in [0, 0.1) is 11.8 Å². The third-order valence-electron chi connectivity index (χ3n) is 7.67. The van der Waals surface area contributed by atoms with Crippen LogP contribution in [-0.4, -0.2) is 12.9 Å². The second-order valence-corrected chi connectivity index (χ2v) is 10.7. The highest BCUT2D eigenvalue weighted by molar-refractivity contribution is 5.45. The van der Waals surface area contributed by atoms with Crippen LogP contribution in [0.5, 0.6) is 5.75 Å². The molecule has 1 aliphatic carbocycles. The SMILES string of the molecule is CCC1CC(CC)CC(CC)(c2cc(C(C)(C)C)ccc2OC2CCCCO2)C1. The Bertz CT molecular complexity index is 639. The Morgan fingerprint density at radius 3 is 2.24 bits per heavy atom. The molecule has 0 amide bonds. The van der Waals surface area contributed by atoms with Gasteiger partial charge in [0, 0.05) is 12.0 Å². The third kappa shape index (κ3) is 5.19. The van der Waals surface area contributed by atoms with E-state index in [2.05, 4.69) is 59.7 Å². The average Bonchev–Trinajstić information content (AvgIpc) is 2.73. The van der Waals surface area contributed by atoms with E-state index in [1.165, 1.54) is 56.1 Å². The number of benzene rings is 1. The van der Waals surface area contributed by atoms with Crippen molar-refractivity contribution in [2.24, 2.45) is 11.8 Å². The number of hydrogen-bond acceptors (Lipinski definition) is 2. The summed E-state index contributed by atoms with van der Waals surface area (Å²) in [6.07, 6.45) is 11.1. The third-order valence-corrected chi connectivity index (χ3v) is 7.67. The molecule has 2 heteroatoms. The largest absolute Gasteiger partial charge is 0.465 e. The monoisotopic (exact) mass is 400 g/mol. The van der Waals surface area contributed by atoms with Gasteiger partial charge in [0.25, 0.3) is 0 Å². The van der Waals surface area contributed by atoms with Crippen molar-refractivity contribution >= 4 is 0 Å². The smallest absolute Gasteiger partial charge is 0.199 e. The molecule has 1 heterocycles. The maximum atomic E-state index is 6.55. The van der Waals surface area contributed by atoms with Crippen LogP contribution in [0.1, 0.15) is 110 Å².